The predicted molar refractivity (Wildman–Crippen MR) is 71.8 cm³/mol. The maximum atomic E-state index is 5.89. The average molecular weight is 258 g/mol. The molecule has 0 aliphatic carbocycles. The normalized spacial score (nSPS) is 10.7. The molecule has 17 heavy (non-hydrogen) atoms. The van der Waals surface area contributed by atoms with Crippen LogP contribution in [-0.2, 0) is 0 Å². The Labute approximate surface area is 108 Å². The van der Waals surface area contributed by atoms with Gasteiger partial charge < -0.3 is 10.2 Å². The molecule has 96 valence electrons. The van der Waals surface area contributed by atoms with Crippen LogP contribution in [0.3, 0.4) is 0 Å². The van der Waals surface area contributed by atoms with Crippen molar-refractivity contribution in [3.05, 3.63) is 5.28 Å². The lowest BCUT2D eigenvalue weighted by Gasteiger charge is -2.26. The van der Waals surface area contributed by atoms with Crippen molar-refractivity contribution >= 4 is 23.5 Å². The fourth-order valence-corrected chi connectivity index (χ4v) is 1.89. The average Bonchev–Trinajstić information content (AvgIpc) is 2.30. The smallest absolute Gasteiger partial charge is 0.231 e. The van der Waals surface area contributed by atoms with Crippen LogP contribution in [0.4, 0.5) is 11.9 Å². The Bertz CT molecular complexity index is 354. The van der Waals surface area contributed by atoms with Gasteiger partial charge >= 0.3 is 0 Å². The highest BCUT2D eigenvalue weighted by atomic mass is 35.5. The van der Waals surface area contributed by atoms with Gasteiger partial charge in [-0.25, -0.2) is 0 Å². The van der Waals surface area contributed by atoms with Gasteiger partial charge in [0.1, 0.15) is 0 Å². The maximum Gasteiger partial charge on any atom is 0.231 e. The molecule has 0 atom stereocenters. The summed E-state index contributed by atoms with van der Waals surface area (Å²) >= 11 is 5.89. The van der Waals surface area contributed by atoms with E-state index in [2.05, 4.69) is 39.0 Å². The third-order valence-electron chi connectivity index (χ3n) is 2.74. The first-order chi connectivity index (χ1) is 8.12. The van der Waals surface area contributed by atoms with Crippen molar-refractivity contribution in [1.82, 2.24) is 15.0 Å². The van der Waals surface area contributed by atoms with Crippen molar-refractivity contribution < 1.29 is 0 Å². The van der Waals surface area contributed by atoms with Gasteiger partial charge in [0.05, 0.1) is 0 Å². The van der Waals surface area contributed by atoms with Gasteiger partial charge in [0.2, 0.25) is 17.2 Å². The first-order valence-corrected chi connectivity index (χ1v) is 6.38. The molecule has 0 fully saturated rings. The van der Waals surface area contributed by atoms with Crippen molar-refractivity contribution in [2.45, 2.75) is 39.7 Å². The number of nitrogens with zero attached hydrogens (tertiary/aromatic N) is 4. The second kappa shape index (κ2) is 6.59. The number of rotatable bonds is 6. The van der Waals surface area contributed by atoms with Crippen LogP contribution < -0.4 is 10.2 Å². The van der Waals surface area contributed by atoms with E-state index in [1.54, 1.807) is 0 Å². The second-order valence-electron chi connectivity index (χ2n) is 3.84. The predicted octanol–water partition coefficient (Wildman–Crippen LogP) is 2.58. The number of halogens is 1. The molecule has 1 N–H and O–H groups in total. The van der Waals surface area contributed by atoms with Crippen molar-refractivity contribution in [3.63, 3.8) is 0 Å². The Kier molecular flexibility index (Phi) is 5.41. The van der Waals surface area contributed by atoms with Gasteiger partial charge in [0.25, 0.3) is 0 Å². The molecule has 0 spiro atoms. The number of nitrogens with one attached hydrogen (secondary N) is 1. The highest BCUT2D eigenvalue weighted by Crippen LogP contribution is 2.17. The molecule has 0 bridgehead atoms. The largest absolute Gasteiger partial charge is 0.354 e. The Morgan fingerprint density at radius 2 is 1.82 bits per heavy atom. The zero-order valence-corrected chi connectivity index (χ0v) is 11.6. The molecule has 0 amide bonds. The number of hydrogen-bond acceptors (Lipinski definition) is 5. The number of aromatic nitrogens is 3. The highest BCUT2D eigenvalue weighted by molar-refractivity contribution is 6.28. The third kappa shape index (κ3) is 3.70. The van der Waals surface area contributed by atoms with E-state index in [1.165, 1.54) is 0 Å². The molecule has 0 aromatic carbocycles. The van der Waals surface area contributed by atoms with Crippen LogP contribution in [-0.4, -0.2) is 34.6 Å². The minimum Gasteiger partial charge on any atom is -0.354 e. The summed E-state index contributed by atoms with van der Waals surface area (Å²) in [4.78, 5) is 14.6. The lowest BCUT2D eigenvalue weighted by Crippen LogP contribution is -2.32. The summed E-state index contributed by atoms with van der Waals surface area (Å²) in [5.74, 6) is 1.15. The molecular formula is C11H20ClN5. The van der Waals surface area contributed by atoms with E-state index in [1.807, 2.05) is 14.0 Å². The fraction of sp³-hybridized carbons (Fsp3) is 0.727. The van der Waals surface area contributed by atoms with Crippen LogP contribution in [0.2, 0.25) is 5.28 Å². The molecule has 6 heteroatoms. The summed E-state index contributed by atoms with van der Waals surface area (Å²) in [5.41, 5.74) is 0. The second-order valence-corrected chi connectivity index (χ2v) is 4.18. The van der Waals surface area contributed by atoms with Gasteiger partial charge in [0.15, 0.2) is 0 Å². The zero-order valence-electron chi connectivity index (χ0n) is 10.9. The zero-order chi connectivity index (χ0) is 12.8. The molecule has 0 saturated carbocycles. The number of anilines is 2. The van der Waals surface area contributed by atoms with Crippen molar-refractivity contribution in [3.8, 4) is 0 Å². The molecule has 5 nitrogen and oxygen atoms in total. The molecule has 0 saturated heterocycles. The lowest BCUT2D eigenvalue weighted by molar-refractivity contribution is 0.580. The van der Waals surface area contributed by atoms with Gasteiger partial charge in [-0.1, -0.05) is 13.8 Å². The molecule has 1 aromatic rings. The van der Waals surface area contributed by atoms with E-state index in [0.717, 1.165) is 19.4 Å². The van der Waals surface area contributed by atoms with Crippen LogP contribution in [0.5, 0.6) is 0 Å². The standard InChI is InChI=1S/C11H20ClN5/c1-5-8(6-2)17(4)11-15-9(12)14-10(16-11)13-7-3/h8H,5-7H2,1-4H3,(H,13,14,15,16). The minimum absolute atomic E-state index is 0.226. The fourth-order valence-electron chi connectivity index (χ4n) is 1.73. The minimum atomic E-state index is 0.226. The monoisotopic (exact) mass is 257 g/mol. The lowest BCUT2D eigenvalue weighted by atomic mass is 10.1. The van der Waals surface area contributed by atoms with Gasteiger partial charge in [-0.2, -0.15) is 15.0 Å². The molecule has 0 unspecified atom stereocenters. The van der Waals surface area contributed by atoms with E-state index in [-0.39, 0.29) is 5.28 Å². The van der Waals surface area contributed by atoms with Crippen LogP contribution in [0.15, 0.2) is 0 Å². The van der Waals surface area contributed by atoms with E-state index in [9.17, 15) is 0 Å². The summed E-state index contributed by atoms with van der Waals surface area (Å²) < 4.78 is 0. The summed E-state index contributed by atoms with van der Waals surface area (Å²) in [7, 11) is 1.99. The van der Waals surface area contributed by atoms with Crippen LogP contribution in [0.1, 0.15) is 33.6 Å². The van der Waals surface area contributed by atoms with Crippen molar-refractivity contribution in [1.29, 1.82) is 0 Å². The highest BCUT2D eigenvalue weighted by Gasteiger charge is 2.15. The van der Waals surface area contributed by atoms with Crippen LogP contribution in [0.25, 0.3) is 0 Å². The first kappa shape index (κ1) is 14.0. The Morgan fingerprint density at radius 3 is 2.35 bits per heavy atom. The summed E-state index contributed by atoms with van der Waals surface area (Å²) in [6.07, 6.45) is 2.10. The number of hydrogen-bond donors (Lipinski definition) is 1. The Morgan fingerprint density at radius 1 is 1.18 bits per heavy atom. The van der Waals surface area contributed by atoms with E-state index in [0.29, 0.717) is 17.9 Å². The first-order valence-electron chi connectivity index (χ1n) is 6.00. The molecule has 0 aliphatic rings. The molecule has 1 rings (SSSR count). The van der Waals surface area contributed by atoms with Crippen molar-refractivity contribution in [2.75, 3.05) is 23.8 Å². The van der Waals surface area contributed by atoms with Crippen molar-refractivity contribution in [2.24, 2.45) is 0 Å². The van der Waals surface area contributed by atoms with Crippen LogP contribution >= 0.6 is 11.6 Å². The van der Waals surface area contributed by atoms with Gasteiger partial charge in [-0.15, -0.1) is 0 Å². The van der Waals surface area contributed by atoms with E-state index in [4.69, 9.17) is 11.6 Å². The third-order valence-corrected chi connectivity index (χ3v) is 2.91. The summed E-state index contributed by atoms with van der Waals surface area (Å²) in [6, 6.07) is 0.419. The Hall–Kier alpha value is -1.10. The summed E-state index contributed by atoms with van der Waals surface area (Å²) in [6.45, 7) is 7.05. The quantitative estimate of drug-likeness (QED) is 0.849. The van der Waals surface area contributed by atoms with E-state index < -0.39 is 0 Å². The molecular weight excluding hydrogens is 238 g/mol. The molecule has 0 radical (unpaired) electrons. The SMILES string of the molecule is CCNc1nc(Cl)nc(N(C)C(CC)CC)n1. The molecule has 1 heterocycles. The van der Waals surface area contributed by atoms with Gasteiger partial charge in [0, 0.05) is 19.6 Å². The Balaban J connectivity index is 2.95. The maximum absolute atomic E-state index is 5.89. The topological polar surface area (TPSA) is 53.9 Å². The molecule has 0 aliphatic heterocycles. The van der Waals surface area contributed by atoms with Crippen LogP contribution in [0, 0.1) is 0 Å². The summed E-state index contributed by atoms with van der Waals surface area (Å²) in [5, 5.41) is 3.27. The van der Waals surface area contributed by atoms with Gasteiger partial charge in [-0.05, 0) is 31.4 Å². The molecule has 1 aromatic heterocycles. The van der Waals surface area contributed by atoms with Gasteiger partial charge in [-0.3, -0.25) is 0 Å². The van der Waals surface area contributed by atoms with E-state index >= 15 is 0 Å².